The van der Waals surface area contributed by atoms with Crippen LogP contribution in [-0.4, -0.2) is 29.8 Å². The molecule has 2 amide bonds. The fourth-order valence-electron chi connectivity index (χ4n) is 1.63. The van der Waals surface area contributed by atoms with E-state index in [0.717, 1.165) is 17.5 Å². The van der Waals surface area contributed by atoms with Crippen LogP contribution < -0.4 is 15.4 Å². The van der Waals surface area contributed by atoms with Gasteiger partial charge in [0, 0.05) is 11.4 Å². The number of rotatable bonds is 4. The Morgan fingerprint density at radius 2 is 2.19 bits per heavy atom. The number of ether oxygens (including phenoxy) is 1. The number of carbonyl (C=O) groups is 2. The molecule has 7 heteroatoms. The number of amides is 2. The molecule has 0 spiro atoms. The number of benzene rings is 1. The molecule has 1 aliphatic heterocycles. The monoisotopic (exact) mass is 305 g/mol. The minimum absolute atomic E-state index is 0.151. The Hall–Kier alpha value is -2.28. The molecule has 2 rings (SSSR count). The van der Waals surface area contributed by atoms with Gasteiger partial charge in [-0.05, 0) is 24.3 Å². The Morgan fingerprint density at radius 1 is 1.48 bits per heavy atom. The Bertz CT molecular complexity index is 596. The highest BCUT2D eigenvalue weighted by atomic mass is 32.2. The molecular weight excluding hydrogens is 290 g/mol. The van der Waals surface area contributed by atoms with E-state index in [1.807, 2.05) is 0 Å². The number of nitrogens with zero attached hydrogens (tertiary/aromatic N) is 1. The molecule has 6 nitrogen and oxygen atoms in total. The van der Waals surface area contributed by atoms with E-state index in [1.165, 1.54) is 0 Å². The van der Waals surface area contributed by atoms with Crippen molar-refractivity contribution in [3.63, 3.8) is 0 Å². The van der Waals surface area contributed by atoms with Crippen LogP contribution in [0.4, 0.5) is 5.69 Å². The van der Waals surface area contributed by atoms with Crippen LogP contribution in [0.3, 0.4) is 0 Å². The van der Waals surface area contributed by atoms with Crippen molar-refractivity contribution in [2.75, 3.05) is 18.2 Å². The summed E-state index contributed by atoms with van der Waals surface area (Å²) in [4.78, 5) is 27.2. The molecule has 21 heavy (non-hydrogen) atoms. The molecule has 2 N–H and O–H groups in total. The van der Waals surface area contributed by atoms with E-state index in [2.05, 4.69) is 22.2 Å². The fourth-order valence-corrected chi connectivity index (χ4v) is 2.35. The average Bonchev–Trinajstić information content (AvgIpc) is 2.45. The van der Waals surface area contributed by atoms with Crippen molar-refractivity contribution in [1.82, 2.24) is 5.32 Å². The first kappa shape index (κ1) is 15.1. The van der Waals surface area contributed by atoms with Crippen LogP contribution in [0.5, 0.6) is 5.75 Å². The predicted octanol–water partition coefficient (Wildman–Crippen LogP) is 1.76. The van der Waals surface area contributed by atoms with Crippen LogP contribution in [0.15, 0.2) is 41.5 Å². The van der Waals surface area contributed by atoms with Gasteiger partial charge in [0.1, 0.15) is 5.75 Å². The highest BCUT2D eigenvalue weighted by molar-refractivity contribution is 8.14. The van der Waals surface area contributed by atoms with E-state index >= 15 is 0 Å². The zero-order valence-electron chi connectivity index (χ0n) is 11.5. The zero-order chi connectivity index (χ0) is 15.2. The second-order valence-electron chi connectivity index (χ2n) is 4.27. The lowest BCUT2D eigenvalue weighted by Crippen LogP contribution is -2.33. The van der Waals surface area contributed by atoms with E-state index in [-0.39, 0.29) is 24.0 Å². The maximum atomic E-state index is 11.8. The number of anilines is 1. The molecule has 1 aromatic rings. The van der Waals surface area contributed by atoms with E-state index in [9.17, 15) is 9.59 Å². The minimum atomic E-state index is -0.182. The highest BCUT2D eigenvalue weighted by Crippen LogP contribution is 2.16. The van der Waals surface area contributed by atoms with Crippen LogP contribution in [0.1, 0.15) is 6.42 Å². The van der Waals surface area contributed by atoms with Gasteiger partial charge in [-0.25, -0.2) is 4.99 Å². The molecule has 0 aliphatic carbocycles. The maximum absolute atomic E-state index is 11.8. The van der Waals surface area contributed by atoms with E-state index in [1.54, 1.807) is 31.4 Å². The lowest BCUT2D eigenvalue weighted by molar-refractivity contribution is -0.119. The number of hydrogen-bond acceptors (Lipinski definition) is 5. The highest BCUT2D eigenvalue weighted by Gasteiger charge is 2.15. The van der Waals surface area contributed by atoms with E-state index in [4.69, 9.17) is 4.74 Å². The van der Waals surface area contributed by atoms with Crippen molar-refractivity contribution in [2.45, 2.75) is 6.42 Å². The summed E-state index contributed by atoms with van der Waals surface area (Å²) in [7, 11) is 1.58. The third-order valence-electron chi connectivity index (χ3n) is 2.58. The summed E-state index contributed by atoms with van der Waals surface area (Å²) < 4.78 is 5.04. The number of methoxy groups -OCH3 is 1. The molecule has 0 saturated heterocycles. The first-order valence-electron chi connectivity index (χ1n) is 6.20. The molecule has 0 fully saturated rings. The first-order chi connectivity index (χ1) is 10.1. The van der Waals surface area contributed by atoms with E-state index in [0.29, 0.717) is 16.6 Å². The van der Waals surface area contributed by atoms with Crippen LogP contribution in [-0.2, 0) is 9.59 Å². The topological polar surface area (TPSA) is 79.8 Å². The number of hydrogen-bond donors (Lipinski definition) is 2. The standard InChI is InChI=1S/C14H15N3O3S/c1-9-7-12(18)17-14(15-9)21-8-13(19)16-10-3-5-11(20-2)6-4-10/h3-6H,1,7-8H2,2H3,(H,16,19)(H,15,17,18). The number of amidine groups is 1. The van der Waals surface area contributed by atoms with Crippen molar-refractivity contribution in [2.24, 2.45) is 4.99 Å². The summed E-state index contributed by atoms with van der Waals surface area (Å²) in [5.74, 6) is 0.532. The first-order valence-corrected chi connectivity index (χ1v) is 7.18. The van der Waals surface area contributed by atoms with Crippen molar-refractivity contribution in [3.8, 4) is 5.75 Å². The summed E-state index contributed by atoms with van der Waals surface area (Å²) >= 11 is 1.16. The summed E-state index contributed by atoms with van der Waals surface area (Å²) in [5.41, 5.74) is 1.18. The van der Waals surface area contributed by atoms with Crippen molar-refractivity contribution < 1.29 is 14.3 Å². The molecular formula is C14H15N3O3S. The number of thioether (sulfide) groups is 1. The van der Waals surface area contributed by atoms with Gasteiger partial charge < -0.3 is 15.4 Å². The smallest absolute Gasteiger partial charge is 0.234 e. The molecule has 0 bridgehead atoms. The summed E-state index contributed by atoms with van der Waals surface area (Å²) in [6.07, 6.45) is 0.197. The van der Waals surface area contributed by atoms with Crippen LogP contribution >= 0.6 is 11.8 Å². The largest absolute Gasteiger partial charge is 0.497 e. The molecule has 1 aromatic carbocycles. The van der Waals surface area contributed by atoms with Crippen molar-refractivity contribution in [1.29, 1.82) is 0 Å². The van der Waals surface area contributed by atoms with Gasteiger partial charge in [-0.1, -0.05) is 18.3 Å². The summed E-state index contributed by atoms with van der Waals surface area (Å²) in [5, 5.41) is 5.75. The molecule has 1 heterocycles. The molecule has 1 aliphatic rings. The molecule has 0 saturated carbocycles. The quantitative estimate of drug-likeness (QED) is 0.888. The number of nitrogens with one attached hydrogen (secondary N) is 2. The van der Waals surface area contributed by atoms with Gasteiger partial charge in [0.15, 0.2) is 5.17 Å². The van der Waals surface area contributed by atoms with Crippen LogP contribution in [0.2, 0.25) is 0 Å². The number of aliphatic imine (C=N–C) groups is 1. The van der Waals surface area contributed by atoms with Gasteiger partial charge in [0.25, 0.3) is 0 Å². The van der Waals surface area contributed by atoms with Crippen LogP contribution in [0.25, 0.3) is 0 Å². The van der Waals surface area contributed by atoms with E-state index < -0.39 is 0 Å². The molecule has 0 radical (unpaired) electrons. The van der Waals surface area contributed by atoms with Gasteiger partial charge in [0.2, 0.25) is 11.8 Å². The van der Waals surface area contributed by atoms with Crippen molar-refractivity contribution >= 4 is 34.4 Å². The second kappa shape index (κ2) is 6.94. The molecule has 0 unspecified atom stereocenters. The summed E-state index contributed by atoms with van der Waals surface area (Å²) in [6.45, 7) is 3.65. The zero-order valence-corrected chi connectivity index (χ0v) is 12.3. The summed E-state index contributed by atoms with van der Waals surface area (Å²) in [6, 6.07) is 7.03. The fraction of sp³-hybridized carbons (Fsp3) is 0.214. The lowest BCUT2D eigenvalue weighted by Gasteiger charge is -2.13. The van der Waals surface area contributed by atoms with Gasteiger partial charge in [-0.2, -0.15) is 0 Å². The Balaban J connectivity index is 1.84. The number of carbonyl (C=O) groups excluding carboxylic acids is 2. The van der Waals surface area contributed by atoms with Gasteiger partial charge in [-0.15, -0.1) is 0 Å². The maximum Gasteiger partial charge on any atom is 0.234 e. The SMILES string of the molecule is C=C1CC(=O)NC(SCC(=O)Nc2ccc(OC)cc2)=N1. The molecule has 0 atom stereocenters. The minimum Gasteiger partial charge on any atom is -0.497 e. The molecule has 0 aromatic heterocycles. The van der Waals surface area contributed by atoms with Gasteiger partial charge in [0.05, 0.1) is 19.3 Å². The third kappa shape index (κ3) is 4.64. The van der Waals surface area contributed by atoms with Crippen molar-refractivity contribution in [3.05, 3.63) is 36.5 Å². The Morgan fingerprint density at radius 3 is 2.81 bits per heavy atom. The Labute approximate surface area is 126 Å². The third-order valence-corrected chi connectivity index (χ3v) is 3.46. The van der Waals surface area contributed by atoms with Crippen LogP contribution in [0, 0.1) is 0 Å². The average molecular weight is 305 g/mol. The Kier molecular flexibility index (Phi) is 4.99. The van der Waals surface area contributed by atoms with Gasteiger partial charge >= 0.3 is 0 Å². The lowest BCUT2D eigenvalue weighted by atomic mass is 10.3. The van der Waals surface area contributed by atoms with Gasteiger partial charge in [-0.3, -0.25) is 9.59 Å². The normalized spacial score (nSPS) is 14.2. The molecule has 110 valence electrons. The second-order valence-corrected chi connectivity index (χ2v) is 5.24. The predicted molar refractivity (Wildman–Crippen MR) is 83.4 cm³/mol.